The quantitative estimate of drug-likeness (QED) is 0.716. The number of hydrogen-bond donors (Lipinski definition) is 0. The van der Waals surface area contributed by atoms with Gasteiger partial charge in [-0.2, -0.15) is 0 Å². The first-order valence-corrected chi connectivity index (χ1v) is 7.77. The molecule has 0 aliphatic heterocycles. The molecule has 1 unspecified atom stereocenters. The van der Waals surface area contributed by atoms with E-state index in [1.54, 1.807) is 17.4 Å². The molecule has 0 bridgehead atoms. The highest BCUT2D eigenvalue weighted by Gasteiger charge is 2.17. The molecule has 1 atom stereocenters. The van der Waals surface area contributed by atoms with Crippen LogP contribution in [0.1, 0.15) is 11.8 Å². The Morgan fingerprint density at radius 1 is 1.32 bits per heavy atom. The lowest BCUT2D eigenvalue weighted by atomic mass is 10.2. The van der Waals surface area contributed by atoms with Crippen molar-refractivity contribution in [3.05, 3.63) is 43.7 Å². The first kappa shape index (κ1) is 14.9. The van der Waals surface area contributed by atoms with Gasteiger partial charge in [0.1, 0.15) is 11.0 Å². The molecule has 2 heterocycles. The van der Waals surface area contributed by atoms with Crippen molar-refractivity contribution in [3.63, 3.8) is 0 Å². The van der Waals surface area contributed by atoms with Crippen molar-refractivity contribution in [1.82, 2.24) is 4.98 Å². The Bertz CT molecular complexity index is 557. The van der Waals surface area contributed by atoms with Crippen LogP contribution in [0.15, 0.2) is 23.6 Å². The summed E-state index contributed by atoms with van der Waals surface area (Å²) in [5, 5.41) is 3.23. The molecule has 2 nitrogen and oxygen atoms in total. The van der Waals surface area contributed by atoms with Crippen molar-refractivity contribution >= 4 is 52.0 Å². The molecule has 2 aromatic rings. The summed E-state index contributed by atoms with van der Waals surface area (Å²) < 4.78 is 0. The lowest BCUT2D eigenvalue weighted by molar-refractivity contribution is 0.680. The topological polar surface area (TPSA) is 16.1 Å². The minimum absolute atomic E-state index is 0.265. The van der Waals surface area contributed by atoms with E-state index in [0.717, 1.165) is 6.42 Å². The summed E-state index contributed by atoms with van der Waals surface area (Å²) in [6.07, 6.45) is 0.937. The number of pyridine rings is 1. The van der Waals surface area contributed by atoms with Crippen molar-refractivity contribution in [2.24, 2.45) is 0 Å². The number of halogens is 3. The van der Waals surface area contributed by atoms with Crippen LogP contribution in [0.3, 0.4) is 0 Å². The third kappa shape index (κ3) is 3.54. The summed E-state index contributed by atoms with van der Waals surface area (Å²) in [7, 11) is 1.96. The second kappa shape index (κ2) is 6.31. The monoisotopic (exact) mass is 334 g/mol. The molecule has 0 aromatic carbocycles. The first-order valence-electron chi connectivity index (χ1n) is 5.75. The van der Waals surface area contributed by atoms with Gasteiger partial charge in [-0.05, 0) is 24.4 Å². The van der Waals surface area contributed by atoms with Crippen molar-refractivity contribution in [1.29, 1.82) is 0 Å². The zero-order chi connectivity index (χ0) is 14.0. The Hall–Kier alpha value is -0.480. The summed E-state index contributed by atoms with van der Waals surface area (Å²) in [4.78, 5) is 7.60. The van der Waals surface area contributed by atoms with E-state index < -0.39 is 0 Å². The van der Waals surface area contributed by atoms with E-state index >= 15 is 0 Å². The van der Waals surface area contributed by atoms with Gasteiger partial charge in [-0.3, -0.25) is 0 Å². The van der Waals surface area contributed by atoms with Gasteiger partial charge in [0, 0.05) is 24.4 Å². The highest BCUT2D eigenvalue weighted by atomic mass is 35.5. The zero-order valence-electron chi connectivity index (χ0n) is 10.5. The predicted molar refractivity (Wildman–Crippen MR) is 85.2 cm³/mol. The maximum absolute atomic E-state index is 6.18. The minimum Gasteiger partial charge on any atom is -0.355 e. The van der Waals surface area contributed by atoms with Crippen LogP contribution in [0.25, 0.3) is 0 Å². The van der Waals surface area contributed by atoms with Gasteiger partial charge in [0.25, 0.3) is 0 Å². The SMILES string of the molecule is CC(Cc1cccs1)N(C)c1nc(Cl)c(Cl)cc1Cl. The van der Waals surface area contributed by atoms with Gasteiger partial charge in [-0.1, -0.05) is 40.9 Å². The Morgan fingerprint density at radius 2 is 2.05 bits per heavy atom. The summed E-state index contributed by atoms with van der Waals surface area (Å²) in [6.45, 7) is 2.13. The van der Waals surface area contributed by atoms with Crippen LogP contribution in [-0.2, 0) is 6.42 Å². The Labute approximate surface area is 131 Å². The van der Waals surface area contributed by atoms with Gasteiger partial charge in [-0.25, -0.2) is 4.98 Å². The Morgan fingerprint density at radius 3 is 2.68 bits per heavy atom. The van der Waals surface area contributed by atoms with Gasteiger partial charge in [-0.15, -0.1) is 11.3 Å². The van der Waals surface area contributed by atoms with Crippen molar-refractivity contribution in [2.45, 2.75) is 19.4 Å². The largest absolute Gasteiger partial charge is 0.355 e. The summed E-state index contributed by atoms with van der Waals surface area (Å²) in [6, 6.07) is 6.07. The van der Waals surface area contributed by atoms with Gasteiger partial charge >= 0.3 is 0 Å². The standard InChI is InChI=1S/C13H13Cl3N2S/c1-8(6-9-4-3-5-19-9)18(2)13-11(15)7-10(14)12(16)17-13/h3-5,7-8H,6H2,1-2H3. The Balaban J connectivity index is 2.19. The number of likely N-dealkylation sites (N-methyl/N-ethyl adjacent to an activating group) is 1. The third-order valence-corrected chi connectivity index (χ3v) is 4.79. The van der Waals surface area contributed by atoms with Crippen LogP contribution in [-0.4, -0.2) is 18.1 Å². The van der Waals surface area contributed by atoms with E-state index in [1.165, 1.54) is 4.88 Å². The summed E-state index contributed by atoms with van der Waals surface area (Å²) >= 11 is 19.8. The molecule has 2 aromatic heterocycles. The maximum Gasteiger partial charge on any atom is 0.150 e. The molecule has 0 spiro atoms. The molecule has 0 N–H and O–H groups in total. The highest BCUT2D eigenvalue weighted by Crippen LogP contribution is 2.31. The number of nitrogens with zero attached hydrogens (tertiary/aromatic N) is 2. The van der Waals surface area contributed by atoms with Crippen molar-refractivity contribution in [2.75, 3.05) is 11.9 Å². The molecule has 0 fully saturated rings. The lowest BCUT2D eigenvalue weighted by Gasteiger charge is -2.26. The van der Waals surface area contributed by atoms with Crippen LogP contribution >= 0.6 is 46.1 Å². The molecule has 0 aliphatic rings. The molecule has 6 heteroatoms. The fourth-order valence-corrected chi connectivity index (χ4v) is 3.20. The zero-order valence-corrected chi connectivity index (χ0v) is 13.6. The van der Waals surface area contributed by atoms with Gasteiger partial charge in [0.2, 0.25) is 0 Å². The number of hydrogen-bond acceptors (Lipinski definition) is 3. The third-order valence-electron chi connectivity index (χ3n) is 2.94. The second-order valence-corrected chi connectivity index (χ2v) is 6.51. The number of aromatic nitrogens is 1. The summed E-state index contributed by atoms with van der Waals surface area (Å²) in [5.41, 5.74) is 0. The second-order valence-electron chi connectivity index (χ2n) is 4.31. The van der Waals surface area contributed by atoms with Crippen LogP contribution in [0.2, 0.25) is 15.2 Å². The number of thiophene rings is 1. The molecule has 0 saturated heterocycles. The number of rotatable bonds is 4. The highest BCUT2D eigenvalue weighted by molar-refractivity contribution is 7.09. The summed E-state index contributed by atoms with van der Waals surface area (Å²) in [5.74, 6) is 0.653. The van der Waals surface area contributed by atoms with Crippen molar-refractivity contribution in [3.8, 4) is 0 Å². The molecule has 0 aliphatic carbocycles. The fourth-order valence-electron chi connectivity index (χ4n) is 1.75. The van der Waals surface area contributed by atoms with Gasteiger partial charge in [0.15, 0.2) is 0 Å². The predicted octanol–water partition coefficient (Wildman–Crippen LogP) is 5.17. The lowest BCUT2D eigenvalue weighted by Crippen LogP contribution is -2.31. The molecular formula is C13H13Cl3N2S. The van der Waals surface area contributed by atoms with E-state index in [-0.39, 0.29) is 11.2 Å². The Kier molecular flexibility index (Phi) is 4.96. The van der Waals surface area contributed by atoms with Gasteiger partial charge in [0.05, 0.1) is 10.0 Å². The first-order chi connectivity index (χ1) is 8.99. The van der Waals surface area contributed by atoms with Crippen LogP contribution in [0, 0.1) is 0 Å². The van der Waals surface area contributed by atoms with Crippen LogP contribution in [0.4, 0.5) is 5.82 Å². The molecule has 2 rings (SSSR count). The van der Waals surface area contributed by atoms with E-state index in [4.69, 9.17) is 34.8 Å². The fraction of sp³-hybridized carbons (Fsp3) is 0.308. The normalized spacial score (nSPS) is 12.5. The van der Waals surface area contributed by atoms with E-state index in [9.17, 15) is 0 Å². The van der Waals surface area contributed by atoms with E-state index in [0.29, 0.717) is 15.9 Å². The molecule has 0 amide bonds. The smallest absolute Gasteiger partial charge is 0.150 e. The van der Waals surface area contributed by atoms with Crippen LogP contribution < -0.4 is 4.90 Å². The molecule has 0 radical (unpaired) electrons. The van der Waals surface area contributed by atoms with Gasteiger partial charge < -0.3 is 4.90 Å². The molecular weight excluding hydrogens is 323 g/mol. The van der Waals surface area contributed by atoms with Crippen LogP contribution in [0.5, 0.6) is 0 Å². The molecule has 102 valence electrons. The molecule has 0 saturated carbocycles. The minimum atomic E-state index is 0.265. The molecule has 19 heavy (non-hydrogen) atoms. The number of anilines is 1. The average Bonchev–Trinajstić information content (AvgIpc) is 2.85. The van der Waals surface area contributed by atoms with Crippen molar-refractivity contribution < 1.29 is 0 Å². The maximum atomic E-state index is 6.18. The average molecular weight is 336 g/mol. The van der Waals surface area contributed by atoms with E-state index in [1.807, 2.05) is 11.9 Å². The van der Waals surface area contributed by atoms with E-state index in [2.05, 4.69) is 29.4 Å².